The summed E-state index contributed by atoms with van der Waals surface area (Å²) in [5.74, 6) is -0.261. The molecule has 0 amide bonds. The number of rotatable bonds is 5. The van der Waals surface area contributed by atoms with Gasteiger partial charge in [-0.25, -0.2) is 0 Å². The van der Waals surface area contributed by atoms with Crippen molar-refractivity contribution in [1.29, 1.82) is 0 Å². The molecule has 2 aliphatic rings. The van der Waals surface area contributed by atoms with E-state index in [1.807, 2.05) is 6.92 Å². The van der Waals surface area contributed by atoms with Crippen molar-refractivity contribution in [3.63, 3.8) is 0 Å². The molecule has 2 rings (SSSR count). The molecule has 1 fully saturated rings. The van der Waals surface area contributed by atoms with Crippen LogP contribution in [0, 0.1) is 0 Å². The first-order valence-electron chi connectivity index (χ1n) is 7.70. The molecule has 1 aliphatic carbocycles. The Bertz CT molecular complexity index is 377. The van der Waals surface area contributed by atoms with E-state index in [9.17, 15) is 4.79 Å². The Morgan fingerprint density at radius 2 is 2.35 bits per heavy atom. The average Bonchev–Trinajstić information content (AvgIpc) is 2.73. The first-order chi connectivity index (χ1) is 9.55. The average molecular weight is 282 g/mol. The lowest BCUT2D eigenvalue weighted by atomic mass is 9.88. The van der Waals surface area contributed by atoms with Crippen molar-refractivity contribution >= 4 is 5.97 Å². The summed E-state index contributed by atoms with van der Waals surface area (Å²) in [5, 5.41) is 9.02. The number of allylic oxidation sites excluding steroid dienone is 1. The minimum atomic E-state index is -0.566. The summed E-state index contributed by atoms with van der Waals surface area (Å²) in [4.78, 5) is 11.4. The van der Waals surface area contributed by atoms with Crippen LogP contribution in [0.2, 0.25) is 0 Å². The van der Waals surface area contributed by atoms with Crippen molar-refractivity contribution in [2.45, 2.75) is 76.6 Å². The molecule has 4 nitrogen and oxygen atoms in total. The van der Waals surface area contributed by atoms with Gasteiger partial charge in [0.2, 0.25) is 0 Å². The molecule has 0 aromatic heterocycles. The minimum absolute atomic E-state index is 0.0725. The summed E-state index contributed by atoms with van der Waals surface area (Å²) >= 11 is 0. The normalized spacial score (nSPS) is 33.9. The van der Waals surface area contributed by atoms with Gasteiger partial charge >= 0.3 is 5.97 Å². The number of carbonyl (C=O) groups is 1. The van der Waals surface area contributed by atoms with Gasteiger partial charge < -0.3 is 14.6 Å². The van der Waals surface area contributed by atoms with Crippen LogP contribution in [-0.4, -0.2) is 35.5 Å². The summed E-state index contributed by atoms with van der Waals surface area (Å²) in [5.41, 5.74) is 0.797. The zero-order chi connectivity index (χ0) is 14.6. The van der Waals surface area contributed by atoms with Crippen molar-refractivity contribution in [2.24, 2.45) is 0 Å². The lowest BCUT2D eigenvalue weighted by molar-refractivity contribution is -0.161. The SMILES string of the molecule is CC(=O)O[C@]1(C)C[C@H](C2=CCCCC2)O[C@@H]1CCCO. The van der Waals surface area contributed by atoms with Gasteiger partial charge in [-0.15, -0.1) is 0 Å². The maximum atomic E-state index is 11.4. The summed E-state index contributed by atoms with van der Waals surface area (Å²) in [6, 6.07) is 0. The molecule has 0 saturated carbocycles. The fourth-order valence-corrected chi connectivity index (χ4v) is 3.35. The van der Waals surface area contributed by atoms with Crippen LogP contribution in [0.4, 0.5) is 0 Å². The van der Waals surface area contributed by atoms with E-state index in [0.717, 1.165) is 25.7 Å². The highest BCUT2D eigenvalue weighted by atomic mass is 16.6. The smallest absolute Gasteiger partial charge is 0.303 e. The first kappa shape index (κ1) is 15.5. The van der Waals surface area contributed by atoms with E-state index in [1.165, 1.54) is 25.3 Å². The van der Waals surface area contributed by atoms with Crippen molar-refractivity contribution in [1.82, 2.24) is 0 Å². The second-order valence-electron chi connectivity index (χ2n) is 6.11. The topological polar surface area (TPSA) is 55.8 Å². The Morgan fingerprint density at radius 1 is 1.55 bits per heavy atom. The van der Waals surface area contributed by atoms with E-state index in [0.29, 0.717) is 6.42 Å². The Labute approximate surface area is 121 Å². The van der Waals surface area contributed by atoms with Gasteiger partial charge in [-0.3, -0.25) is 4.79 Å². The van der Waals surface area contributed by atoms with E-state index < -0.39 is 5.60 Å². The number of carbonyl (C=O) groups excluding carboxylic acids is 1. The number of aliphatic hydroxyl groups excluding tert-OH is 1. The fourth-order valence-electron chi connectivity index (χ4n) is 3.35. The molecule has 0 radical (unpaired) electrons. The molecule has 3 atom stereocenters. The number of esters is 1. The molecule has 0 unspecified atom stereocenters. The Morgan fingerprint density at radius 3 is 2.95 bits per heavy atom. The van der Waals surface area contributed by atoms with Crippen LogP contribution in [0.3, 0.4) is 0 Å². The Balaban J connectivity index is 2.08. The molecule has 1 aliphatic heterocycles. The molecule has 1 heterocycles. The van der Waals surface area contributed by atoms with Crippen LogP contribution < -0.4 is 0 Å². The maximum Gasteiger partial charge on any atom is 0.303 e. The van der Waals surface area contributed by atoms with Gasteiger partial charge in [0.1, 0.15) is 5.60 Å². The molecule has 1 saturated heterocycles. The molecular formula is C16H26O4. The van der Waals surface area contributed by atoms with Crippen LogP contribution in [0.25, 0.3) is 0 Å². The maximum absolute atomic E-state index is 11.4. The van der Waals surface area contributed by atoms with Gasteiger partial charge in [-0.2, -0.15) is 0 Å². The van der Waals surface area contributed by atoms with Crippen LogP contribution in [0.1, 0.15) is 58.8 Å². The molecule has 0 aromatic carbocycles. The van der Waals surface area contributed by atoms with E-state index in [4.69, 9.17) is 14.6 Å². The van der Waals surface area contributed by atoms with Crippen molar-refractivity contribution in [3.8, 4) is 0 Å². The van der Waals surface area contributed by atoms with E-state index >= 15 is 0 Å². The third kappa shape index (κ3) is 3.61. The zero-order valence-electron chi connectivity index (χ0n) is 12.6. The molecule has 1 N–H and O–H groups in total. The highest BCUT2D eigenvalue weighted by molar-refractivity contribution is 5.66. The molecule has 0 spiro atoms. The lowest BCUT2D eigenvalue weighted by Crippen LogP contribution is -2.39. The van der Waals surface area contributed by atoms with E-state index in [2.05, 4.69) is 6.08 Å². The third-order valence-electron chi connectivity index (χ3n) is 4.34. The molecule has 114 valence electrons. The van der Waals surface area contributed by atoms with Gasteiger partial charge in [0, 0.05) is 20.0 Å². The van der Waals surface area contributed by atoms with Crippen molar-refractivity contribution < 1.29 is 19.4 Å². The summed E-state index contributed by atoms with van der Waals surface area (Å²) < 4.78 is 11.7. The molecule has 20 heavy (non-hydrogen) atoms. The monoisotopic (exact) mass is 282 g/mol. The summed E-state index contributed by atoms with van der Waals surface area (Å²) in [6.45, 7) is 3.55. The highest BCUT2D eigenvalue weighted by Gasteiger charge is 2.48. The minimum Gasteiger partial charge on any atom is -0.457 e. The predicted molar refractivity (Wildman–Crippen MR) is 76.3 cm³/mol. The van der Waals surface area contributed by atoms with Crippen molar-refractivity contribution in [3.05, 3.63) is 11.6 Å². The van der Waals surface area contributed by atoms with Crippen LogP contribution in [-0.2, 0) is 14.3 Å². The Hall–Kier alpha value is -0.870. The quantitative estimate of drug-likeness (QED) is 0.622. The summed E-state index contributed by atoms with van der Waals surface area (Å²) in [6.07, 6.45) is 9.06. The largest absolute Gasteiger partial charge is 0.457 e. The second kappa shape index (κ2) is 6.72. The summed E-state index contributed by atoms with van der Waals surface area (Å²) in [7, 11) is 0. The van der Waals surface area contributed by atoms with Gasteiger partial charge in [0.25, 0.3) is 0 Å². The van der Waals surface area contributed by atoms with Gasteiger partial charge in [-0.1, -0.05) is 6.08 Å². The number of hydrogen-bond acceptors (Lipinski definition) is 4. The molecule has 4 heteroatoms. The predicted octanol–water partition coefficient (Wildman–Crippen LogP) is 2.74. The first-order valence-corrected chi connectivity index (χ1v) is 7.70. The molecular weight excluding hydrogens is 256 g/mol. The van der Waals surface area contributed by atoms with Crippen molar-refractivity contribution in [2.75, 3.05) is 6.61 Å². The number of ether oxygens (including phenoxy) is 2. The van der Waals surface area contributed by atoms with Crippen LogP contribution in [0.5, 0.6) is 0 Å². The van der Waals surface area contributed by atoms with E-state index in [-0.39, 0.29) is 24.8 Å². The van der Waals surface area contributed by atoms with E-state index in [1.54, 1.807) is 0 Å². The van der Waals surface area contributed by atoms with Gasteiger partial charge in [-0.05, 0) is 51.0 Å². The molecule has 0 bridgehead atoms. The standard InChI is InChI=1S/C16H26O4/c1-12(18)20-16(2)11-14(13-7-4-3-5-8-13)19-15(16)9-6-10-17/h7,14-15,17H,3-6,8-11H2,1-2H3/t14-,15-,16-/m1/s1. The van der Waals surface area contributed by atoms with Crippen LogP contribution >= 0.6 is 0 Å². The van der Waals surface area contributed by atoms with Crippen LogP contribution in [0.15, 0.2) is 11.6 Å². The molecule has 0 aromatic rings. The Kier molecular flexibility index (Phi) is 5.22. The van der Waals surface area contributed by atoms with Gasteiger partial charge in [0.15, 0.2) is 0 Å². The zero-order valence-corrected chi connectivity index (χ0v) is 12.6. The van der Waals surface area contributed by atoms with Gasteiger partial charge in [0.05, 0.1) is 12.2 Å². The second-order valence-corrected chi connectivity index (χ2v) is 6.11. The third-order valence-corrected chi connectivity index (χ3v) is 4.34. The highest BCUT2D eigenvalue weighted by Crippen LogP contribution is 2.40. The lowest BCUT2D eigenvalue weighted by Gasteiger charge is -2.29. The fraction of sp³-hybridized carbons (Fsp3) is 0.812. The number of aliphatic hydroxyl groups is 1. The number of hydrogen-bond donors (Lipinski definition) is 1.